The largest absolute Gasteiger partial charge is 0.493 e. The highest BCUT2D eigenvalue weighted by Gasteiger charge is 2.30. The number of halogens is 3. The lowest BCUT2D eigenvalue weighted by atomic mass is 10.0. The molecule has 170 valence electrons. The molecule has 0 fully saturated rings. The van der Waals surface area contributed by atoms with E-state index in [1.807, 2.05) is 24.3 Å². The first-order chi connectivity index (χ1) is 15.0. The van der Waals surface area contributed by atoms with Crippen LogP contribution in [0.1, 0.15) is 75.0 Å². The maximum absolute atomic E-state index is 13.0. The Morgan fingerprint density at radius 3 is 2.26 bits per heavy atom. The van der Waals surface area contributed by atoms with Gasteiger partial charge in [0.25, 0.3) is 0 Å². The highest BCUT2D eigenvalue weighted by atomic mass is 19.4. The molecule has 2 rings (SSSR count). The van der Waals surface area contributed by atoms with E-state index in [0.717, 1.165) is 30.5 Å². The highest BCUT2D eigenvalue weighted by Crippen LogP contribution is 2.32. The molecule has 0 saturated carbocycles. The Bertz CT molecular complexity index is 812. The number of rotatable bonds is 13. The third-order valence-corrected chi connectivity index (χ3v) is 5.24. The zero-order valence-electron chi connectivity index (χ0n) is 18.3. The van der Waals surface area contributed by atoms with Gasteiger partial charge in [-0.1, -0.05) is 82.2 Å². The monoisotopic (exact) mass is 434 g/mol. The van der Waals surface area contributed by atoms with Gasteiger partial charge < -0.3 is 9.84 Å². The number of hydrogen-bond acceptors (Lipinski definition) is 2. The predicted octanol–water partition coefficient (Wildman–Crippen LogP) is 7.76. The average molecular weight is 435 g/mol. The van der Waals surface area contributed by atoms with E-state index in [0.29, 0.717) is 23.5 Å². The van der Waals surface area contributed by atoms with Crippen LogP contribution in [0.25, 0.3) is 11.6 Å². The molecule has 0 spiro atoms. The number of unbranched alkanes of at least 4 members (excludes halogenated alkanes) is 7. The van der Waals surface area contributed by atoms with Crippen molar-refractivity contribution in [2.45, 2.75) is 64.5 Å². The molecule has 0 aliphatic heterocycles. The summed E-state index contributed by atoms with van der Waals surface area (Å²) in [5.74, 6) is 0.670. The summed E-state index contributed by atoms with van der Waals surface area (Å²) >= 11 is 0. The maximum Gasteiger partial charge on any atom is 0.416 e. The average Bonchev–Trinajstić information content (AvgIpc) is 2.76. The fourth-order valence-electron chi connectivity index (χ4n) is 3.45. The Labute approximate surface area is 183 Å². The van der Waals surface area contributed by atoms with Gasteiger partial charge in [-0.15, -0.1) is 0 Å². The molecular weight excluding hydrogens is 401 g/mol. The van der Waals surface area contributed by atoms with Crippen molar-refractivity contribution in [2.75, 3.05) is 13.2 Å². The third-order valence-electron chi connectivity index (χ3n) is 5.24. The summed E-state index contributed by atoms with van der Waals surface area (Å²) in [5, 5.41) is 9.79. The molecule has 0 aromatic heterocycles. The van der Waals surface area contributed by atoms with E-state index in [2.05, 4.69) is 6.92 Å². The van der Waals surface area contributed by atoms with Gasteiger partial charge in [0.05, 0.1) is 18.8 Å². The van der Waals surface area contributed by atoms with Crippen LogP contribution in [0.2, 0.25) is 0 Å². The van der Waals surface area contributed by atoms with E-state index in [9.17, 15) is 18.3 Å². The van der Waals surface area contributed by atoms with E-state index in [4.69, 9.17) is 4.74 Å². The molecule has 0 radical (unpaired) electrons. The van der Waals surface area contributed by atoms with Gasteiger partial charge in [0.15, 0.2) is 0 Å². The normalized spacial score (nSPS) is 12.2. The van der Waals surface area contributed by atoms with Gasteiger partial charge in [-0.3, -0.25) is 0 Å². The molecule has 2 nitrogen and oxygen atoms in total. The molecule has 0 aliphatic carbocycles. The molecule has 0 amide bonds. The summed E-state index contributed by atoms with van der Waals surface area (Å²) in [4.78, 5) is 0. The third kappa shape index (κ3) is 8.78. The summed E-state index contributed by atoms with van der Waals surface area (Å²) in [6.45, 7) is 2.44. The van der Waals surface area contributed by atoms with Crippen LogP contribution in [-0.2, 0) is 6.18 Å². The molecule has 0 unspecified atom stereocenters. The van der Waals surface area contributed by atoms with E-state index in [-0.39, 0.29) is 6.61 Å². The van der Waals surface area contributed by atoms with Crippen molar-refractivity contribution in [1.29, 1.82) is 0 Å². The highest BCUT2D eigenvalue weighted by molar-refractivity contribution is 5.83. The lowest BCUT2D eigenvalue weighted by Crippen LogP contribution is -2.05. The molecule has 0 saturated heterocycles. The molecule has 2 aromatic carbocycles. The fraction of sp³-hybridized carbons (Fsp3) is 0.462. The Morgan fingerprint density at radius 1 is 0.903 bits per heavy atom. The van der Waals surface area contributed by atoms with Gasteiger partial charge in [0.1, 0.15) is 5.75 Å². The van der Waals surface area contributed by atoms with Crippen LogP contribution in [0.5, 0.6) is 5.75 Å². The van der Waals surface area contributed by atoms with Crippen molar-refractivity contribution in [3.8, 4) is 5.75 Å². The van der Waals surface area contributed by atoms with E-state index in [1.54, 1.807) is 12.1 Å². The first-order valence-electron chi connectivity index (χ1n) is 11.2. The lowest BCUT2D eigenvalue weighted by Gasteiger charge is -2.12. The van der Waals surface area contributed by atoms with E-state index < -0.39 is 11.7 Å². The Morgan fingerprint density at radius 2 is 1.58 bits per heavy atom. The molecular formula is C26H33F3O2. The van der Waals surface area contributed by atoms with Gasteiger partial charge >= 0.3 is 6.18 Å². The van der Waals surface area contributed by atoms with E-state index in [1.165, 1.54) is 44.6 Å². The lowest BCUT2D eigenvalue weighted by molar-refractivity contribution is -0.137. The van der Waals surface area contributed by atoms with Gasteiger partial charge in [-0.05, 0) is 41.8 Å². The van der Waals surface area contributed by atoms with Gasteiger partial charge in [0.2, 0.25) is 0 Å². The van der Waals surface area contributed by atoms with Crippen LogP contribution in [-0.4, -0.2) is 18.3 Å². The number of benzene rings is 2. The van der Waals surface area contributed by atoms with Crippen molar-refractivity contribution >= 4 is 11.6 Å². The van der Waals surface area contributed by atoms with Gasteiger partial charge in [0, 0.05) is 5.56 Å². The van der Waals surface area contributed by atoms with Crippen LogP contribution < -0.4 is 4.74 Å². The minimum atomic E-state index is -4.42. The molecule has 31 heavy (non-hydrogen) atoms. The van der Waals surface area contributed by atoms with E-state index >= 15 is 0 Å². The van der Waals surface area contributed by atoms with Crippen LogP contribution in [0.15, 0.2) is 48.5 Å². The molecule has 0 atom stereocenters. The Kier molecular flexibility index (Phi) is 10.6. The summed E-state index contributed by atoms with van der Waals surface area (Å²) in [5.41, 5.74) is 0.761. The second-order valence-corrected chi connectivity index (χ2v) is 7.77. The number of para-hydroxylation sites is 1. The van der Waals surface area contributed by atoms with Crippen molar-refractivity contribution < 1.29 is 23.0 Å². The molecule has 1 N–H and O–H groups in total. The Balaban J connectivity index is 1.98. The smallest absolute Gasteiger partial charge is 0.416 e. The SMILES string of the molecule is CCCCCCCCCCOc1ccccc1C=C(CO)c1cccc(C(F)(F)F)c1. The molecule has 5 heteroatoms. The van der Waals surface area contributed by atoms with Gasteiger partial charge in [-0.25, -0.2) is 0 Å². The van der Waals surface area contributed by atoms with Crippen LogP contribution in [0, 0.1) is 0 Å². The second-order valence-electron chi connectivity index (χ2n) is 7.77. The molecule has 2 aromatic rings. The van der Waals surface area contributed by atoms with Crippen LogP contribution in [0.4, 0.5) is 13.2 Å². The van der Waals surface area contributed by atoms with Crippen LogP contribution in [0.3, 0.4) is 0 Å². The first kappa shape index (κ1) is 25.0. The maximum atomic E-state index is 13.0. The summed E-state index contributed by atoms with van der Waals surface area (Å²) in [7, 11) is 0. The quantitative estimate of drug-likeness (QED) is 0.258. The van der Waals surface area contributed by atoms with Crippen molar-refractivity contribution in [2.24, 2.45) is 0 Å². The zero-order valence-corrected chi connectivity index (χ0v) is 18.3. The molecule has 0 bridgehead atoms. The predicted molar refractivity (Wildman–Crippen MR) is 121 cm³/mol. The van der Waals surface area contributed by atoms with Crippen molar-refractivity contribution in [3.63, 3.8) is 0 Å². The van der Waals surface area contributed by atoms with Crippen molar-refractivity contribution in [3.05, 3.63) is 65.2 Å². The molecule has 0 heterocycles. The number of hydrogen-bond donors (Lipinski definition) is 1. The summed E-state index contributed by atoms with van der Waals surface area (Å²) in [6.07, 6.45) is 6.99. The number of alkyl halides is 3. The number of aliphatic hydroxyl groups is 1. The minimum Gasteiger partial charge on any atom is -0.493 e. The summed E-state index contributed by atoms with van der Waals surface area (Å²) < 4.78 is 45.0. The topological polar surface area (TPSA) is 29.5 Å². The standard InChI is InChI=1S/C26H33F3O2/c1-2-3-4-5-6-7-8-11-17-31-25-16-10-9-13-22(25)18-23(20-30)21-14-12-15-24(19-21)26(27,28)29/h9-10,12-16,18-19,30H,2-8,11,17,20H2,1H3. The molecule has 0 aliphatic rings. The minimum absolute atomic E-state index is 0.343. The Hall–Kier alpha value is -2.27. The fourth-order valence-corrected chi connectivity index (χ4v) is 3.45. The van der Waals surface area contributed by atoms with Gasteiger partial charge in [-0.2, -0.15) is 13.2 Å². The summed E-state index contributed by atoms with van der Waals surface area (Å²) in [6, 6.07) is 12.4. The number of ether oxygens (including phenoxy) is 1. The number of aliphatic hydroxyl groups excluding tert-OH is 1. The van der Waals surface area contributed by atoms with Crippen LogP contribution >= 0.6 is 0 Å². The van der Waals surface area contributed by atoms with Crippen molar-refractivity contribution in [1.82, 2.24) is 0 Å². The second kappa shape index (κ2) is 13.2. The first-order valence-corrected chi connectivity index (χ1v) is 11.2. The zero-order chi connectivity index (χ0) is 22.5.